The largest absolute Gasteiger partial charge is 0.338 e. The molecule has 21 heavy (non-hydrogen) atoms. The average molecular weight is 304 g/mol. The third-order valence-electron chi connectivity index (χ3n) is 3.97. The molecule has 2 rings (SSSR count). The molecule has 1 aliphatic rings. The fourth-order valence-corrected chi connectivity index (χ4v) is 3.61. The second-order valence-corrected chi connectivity index (χ2v) is 6.79. The molecule has 1 fully saturated rings. The lowest BCUT2D eigenvalue weighted by Crippen LogP contribution is -2.50. The van der Waals surface area contributed by atoms with E-state index >= 15 is 0 Å². The van der Waals surface area contributed by atoms with Gasteiger partial charge in [0.2, 0.25) is 5.91 Å². The number of nitriles is 1. The summed E-state index contributed by atoms with van der Waals surface area (Å²) in [5, 5.41) is 14.1. The number of thiophene rings is 1. The molecule has 1 amide bonds. The zero-order chi connectivity index (χ0) is 15.3. The lowest BCUT2D eigenvalue weighted by atomic mass is 9.77. The van der Waals surface area contributed by atoms with Gasteiger partial charge < -0.3 is 5.32 Å². The Morgan fingerprint density at radius 1 is 1.52 bits per heavy atom. The van der Waals surface area contributed by atoms with Crippen LogP contribution in [0, 0.1) is 17.2 Å². The first-order valence-electron chi connectivity index (χ1n) is 7.34. The predicted molar refractivity (Wildman–Crippen MR) is 82.0 cm³/mol. The summed E-state index contributed by atoms with van der Waals surface area (Å²) >= 11 is 1.39. The topological polar surface area (TPSA) is 70.0 Å². The molecule has 0 bridgehead atoms. The van der Waals surface area contributed by atoms with Gasteiger partial charge in [-0.05, 0) is 36.6 Å². The quantitative estimate of drug-likeness (QED) is 0.848. The van der Waals surface area contributed by atoms with Crippen LogP contribution in [0.15, 0.2) is 17.5 Å². The maximum absolute atomic E-state index is 12.0. The van der Waals surface area contributed by atoms with Gasteiger partial charge in [-0.15, -0.1) is 11.3 Å². The molecule has 0 spiro atoms. The van der Waals surface area contributed by atoms with Crippen LogP contribution in [0.4, 0.5) is 0 Å². The van der Waals surface area contributed by atoms with E-state index in [2.05, 4.69) is 18.3 Å². The Morgan fingerprint density at radius 2 is 2.33 bits per heavy atom. The van der Waals surface area contributed by atoms with Gasteiger partial charge in [-0.1, -0.05) is 19.4 Å². The molecular weight excluding hydrogens is 284 g/mol. The van der Waals surface area contributed by atoms with E-state index in [-0.39, 0.29) is 24.5 Å². The van der Waals surface area contributed by atoms with E-state index in [1.807, 2.05) is 11.4 Å². The lowest BCUT2D eigenvalue weighted by Gasteiger charge is -2.35. The Balaban J connectivity index is 1.86. The van der Waals surface area contributed by atoms with Gasteiger partial charge in [0.15, 0.2) is 5.78 Å². The monoisotopic (exact) mass is 304 g/mol. The number of nitrogens with one attached hydrogen (secondary N) is 1. The molecular formula is C16H20N2O2S. The van der Waals surface area contributed by atoms with Crippen LogP contribution in [0.2, 0.25) is 0 Å². The third-order valence-corrected chi connectivity index (χ3v) is 4.88. The summed E-state index contributed by atoms with van der Waals surface area (Å²) in [6, 6.07) is 5.87. The lowest BCUT2D eigenvalue weighted by molar-refractivity contribution is -0.122. The average Bonchev–Trinajstić information content (AvgIpc) is 2.99. The molecule has 112 valence electrons. The van der Waals surface area contributed by atoms with Crippen molar-refractivity contribution in [3.05, 3.63) is 22.4 Å². The van der Waals surface area contributed by atoms with Crippen LogP contribution >= 0.6 is 11.3 Å². The SMILES string of the molecule is C[C@@H]1CCC[C@](C#N)(NC(=O)CCC(=O)c2cccs2)C1. The second kappa shape index (κ2) is 6.86. The number of ketones is 1. The van der Waals surface area contributed by atoms with Crippen molar-refractivity contribution < 1.29 is 9.59 Å². The Bertz CT molecular complexity index is 547. The summed E-state index contributed by atoms with van der Waals surface area (Å²) in [4.78, 5) is 24.6. The van der Waals surface area contributed by atoms with E-state index < -0.39 is 5.54 Å². The van der Waals surface area contributed by atoms with Gasteiger partial charge in [-0.3, -0.25) is 9.59 Å². The second-order valence-electron chi connectivity index (χ2n) is 5.84. The fraction of sp³-hybridized carbons (Fsp3) is 0.562. The minimum Gasteiger partial charge on any atom is -0.338 e. The first-order valence-corrected chi connectivity index (χ1v) is 8.21. The van der Waals surface area contributed by atoms with Gasteiger partial charge in [0.1, 0.15) is 5.54 Å². The van der Waals surface area contributed by atoms with E-state index in [9.17, 15) is 14.9 Å². The molecule has 2 atom stereocenters. The number of carbonyl (C=O) groups excluding carboxylic acids is 2. The van der Waals surface area contributed by atoms with Crippen molar-refractivity contribution in [1.82, 2.24) is 5.32 Å². The highest BCUT2D eigenvalue weighted by Gasteiger charge is 2.36. The Morgan fingerprint density at radius 3 is 2.95 bits per heavy atom. The molecule has 0 unspecified atom stereocenters. The van der Waals surface area contributed by atoms with Crippen molar-refractivity contribution in [3.63, 3.8) is 0 Å². The predicted octanol–water partition coefficient (Wildman–Crippen LogP) is 3.30. The highest BCUT2D eigenvalue weighted by molar-refractivity contribution is 7.12. The first kappa shape index (κ1) is 15.7. The van der Waals surface area contributed by atoms with Crippen LogP contribution in [-0.4, -0.2) is 17.2 Å². The van der Waals surface area contributed by atoms with E-state index in [0.717, 1.165) is 12.8 Å². The van der Waals surface area contributed by atoms with Gasteiger partial charge in [0.05, 0.1) is 10.9 Å². The van der Waals surface area contributed by atoms with Crippen molar-refractivity contribution in [1.29, 1.82) is 5.26 Å². The molecule has 1 aromatic heterocycles. The normalized spacial score (nSPS) is 25.0. The van der Waals surface area contributed by atoms with E-state index in [1.54, 1.807) is 6.07 Å². The minimum absolute atomic E-state index is 0.0110. The number of hydrogen-bond acceptors (Lipinski definition) is 4. The molecule has 1 N–H and O–H groups in total. The maximum atomic E-state index is 12.0. The van der Waals surface area contributed by atoms with Gasteiger partial charge >= 0.3 is 0 Å². The highest BCUT2D eigenvalue weighted by Crippen LogP contribution is 2.31. The molecule has 0 saturated heterocycles. The van der Waals surface area contributed by atoms with Crippen LogP contribution in [0.3, 0.4) is 0 Å². The van der Waals surface area contributed by atoms with Crippen molar-refractivity contribution in [3.8, 4) is 6.07 Å². The van der Waals surface area contributed by atoms with E-state index in [4.69, 9.17) is 0 Å². The molecule has 4 nitrogen and oxygen atoms in total. The molecule has 0 aliphatic heterocycles. The van der Waals surface area contributed by atoms with Crippen LogP contribution < -0.4 is 5.32 Å². The third kappa shape index (κ3) is 4.15. The summed E-state index contributed by atoms with van der Waals surface area (Å²) in [7, 11) is 0. The molecule has 1 aromatic rings. The molecule has 1 saturated carbocycles. The Hall–Kier alpha value is -1.67. The minimum atomic E-state index is -0.735. The van der Waals surface area contributed by atoms with E-state index in [1.165, 1.54) is 11.3 Å². The van der Waals surface area contributed by atoms with Crippen LogP contribution in [0.1, 0.15) is 55.1 Å². The van der Waals surface area contributed by atoms with Gasteiger partial charge in [0, 0.05) is 12.8 Å². The summed E-state index contributed by atoms with van der Waals surface area (Å²) in [5.74, 6) is 0.241. The molecule has 0 radical (unpaired) electrons. The standard InChI is InChI=1S/C16H20N2O2S/c1-12-4-2-8-16(10-12,11-17)18-15(20)7-6-13(19)14-5-3-9-21-14/h3,5,9,12H,2,4,6-8,10H2,1H3,(H,18,20)/t12-,16+/m1/s1. The van der Waals surface area contributed by atoms with Crippen molar-refractivity contribution in [2.24, 2.45) is 5.92 Å². The van der Waals surface area contributed by atoms with Crippen LogP contribution in [-0.2, 0) is 4.79 Å². The molecule has 1 heterocycles. The Labute approximate surface area is 129 Å². The zero-order valence-corrected chi connectivity index (χ0v) is 13.0. The summed E-state index contributed by atoms with van der Waals surface area (Å²) in [6.07, 6.45) is 3.82. The number of Topliss-reactive ketones (excluding diaryl/α,β-unsaturated/α-hetero) is 1. The van der Waals surface area contributed by atoms with E-state index in [0.29, 0.717) is 23.6 Å². The number of amides is 1. The summed E-state index contributed by atoms with van der Waals surface area (Å²) in [5.41, 5.74) is -0.735. The number of hydrogen-bond donors (Lipinski definition) is 1. The Kier molecular flexibility index (Phi) is 5.13. The highest BCUT2D eigenvalue weighted by atomic mass is 32.1. The van der Waals surface area contributed by atoms with Crippen molar-refractivity contribution in [2.75, 3.05) is 0 Å². The molecule has 5 heteroatoms. The van der Waals surface area contributed by atoms with Crippen molar-refractivity contribution >= 4 is 23.0 Å². The summed E-state index contributed by atoms with van der Waals surface area (Å²) < 4.78 is 0. The summed E-state index contributed by atoms with van der Waals surface area (Å²) in [6.45, 7) is 2.11. The number of carbonyl (C=O) groups is 2. The first-order chi connectivity index (χ1) is 10.0. The number of nitrogens with zero attached hydrogens (tertiary/aromatic N) is 1. The van der Waals surface area contributed by atoms with Gasteiger partial charge in [-0.2, -0.15) is 5.26 Å². The number of rotatable bonds is 5. The molecule has 0 aromatic carbocycles. The zero-order valence-electron chi connectivity index (χ0n) is 12.2. The molecule has 1 aliphatic carbocycles. The van der Waals surface area contributed by atoms with Gasteiger partial charge in [-0.25, -0.2) is 0 Å². The van der Waals surface area contributed by atoms with Gasteiger partial charge in [0.25, 0.3) is 0 Å². The van der Waals surface area contributed by atoms with Crippen LogP contribution in [0.25, 0.3) is 0 Å². The maximum Gasteiger partial charge on any atom is 0.221 e. The smallest absolute Gasteiger partial charge is 0.221 e. The van der Waals surface area contributed by atoms with Crippen molar-refractivity contribution in [2.45, 2.75) is 51.0 Å². The fourth-order valence-electron chi connectivity index (χ4n) is 2.91. The van der Waals surface area contributed by atoms with Crippen LogP contribution in [0.5, 0.6) is 0 Å².